The Labute approximate surface area is 133 Å². The van der Waals surface area contributed by atoms with Crippen LogP contribution in [0.1, 0.15) is 46.1 Å². The van der Waals surface area contributed by atoms with E-state index in [1.807, 2.05) is 6.92 Å². The summed E-state index contributed by atoms with van der Waals surface area (Å²) < 4.78 is 19.3. The lowest BCUT2D eigenvalue weighted by Gasteiger charge is -2.40. The Morgan fingerprint density at radius 3 is 2.38 bits per heavy atom. The van der Waals surface area contributed by atoms with Gasteiger partial charge in [-0.05, 0) is 50.4 Å². The second kappa shape index (κ2) is 8.72. The Balaban J connectivity index is 3.04. The lowest BCUT2D eigenvalue weighted by molar-refractivity contribution is -0.0715. The number of likely N-dealkylation sites (N-methyl/N-ethyl adjacent to an activating group) is 1. The molecule has 1 aromatic carbocycles. The van der Waals surface area contributed by atoms with E-state index in [9.17, 15) is 4.39 Å². The second-order valence-corrected chi connectivity index (χ2v) is 5.66. The number of ether oxygens (including phenoxy) is 1. The molecule has 2 nitrogen and oxygen atoms in total. The first-order chi connectivity index (χ1) is 10.0. The average Bonchev–Trinajstić information content (AvgIpc) is 2.47. The summed E-state index contributed by atoms with van der Waals surface area (Å²) in [7, 11) is 0. The molecule has 0 amide bonds. The van der Waals surface area contributed by atoms with Gasteiger partial charge in [-0.2, -0.15) is 0 Å². The van der Waals surface area contributed by atoms with E-state index in [0.29, 0.717) is 11.6 Å². The molecular formula is C17H27ClFNO. The van der Waals surface area contributed by atoms with Crippen LogP contribution in [-0.4, -0.2) is 24.8 Å². The van der Waals surface area contributed by atoms with Crippen molar-refractivity contribution in [3.8, 4) is 0 Å². The number of halogens is 2. The molecule has 1 unspecified atom stereocenters. The Hall–Kier alpha value is -0.640. The van der Waals surface area contributed by atoms with Gasteiger partial charge in [0.1, 0.15) is 5.82 Å². The van der Waals surface area contributed by atoms with Crippen LogP contribution in [0.2, 0.25) is 5.02 Å². The fraction of sp³-hybridized carbons (Fsp3) is 0.647. The summed E-state index contributed by atoms with van der Waals surface area (Å²) in [5.74, 6) is -0.300. The minimum Gasteiger partial charge on any atom is -0.374 e. The summed E-state index contributed by atoms with van der Waals surface area (Å²) in [5.41, 5.74) is 0.734. The molecule has 0 saturated carbocycles. The molecular weight excluding hydrogens is 289 g/mol. The fourth-order valence-corrected chi connectivity index (χ4v) is 3.18. The monoisotopic (exact) mass is 315 g/mol. The minimum atomic E-state index is -0.300. The van der Waals surface area contributed by atoms with Crippen molar-refractivity contribution in [2.24, 2.45) is 0 Å². The topological polar surface area (TPSA) is 21.3 Å². The van der Waals surface area contributed by atoms with Gasteiger partial charge in [0.15, 0.2) is 0 Å². The van der Waals surface area contributed by atoms with Gasteiger partial charge in [0, 0.05) is 17.7 Å². The summed E-state index contributed by atoms with van der Waals surface area (Å²) in [4.78, 5) is 0. The van der Waals surface area contributed by atoms with Crippen LogP contribution in [0.25, 0.3) is 0 Å². The third-order valence-electron chi connectivity index (χ3n) is 4.15. The molecule has 0 bridgehead atoms. The molecule has 1 atom stereocenters. The van der Waals surface area contributed by atoms with Crippen LogP contribution in [-0.2, 0) is 11.2 Å². The molecule has 21 heavy (non-hydrogen) atoms. The van der Waals surface area contributed by atoms with Crippen molar-refractivity contribution in [2.75, 3.05) is 13.2 Å². The number of hydrogen-bond acceptors (Lipinski definition) is 2. The number of hydrogen-bond donors (Lipinski definition) is 1. The molecule has 0 saturated heterocycles. The van der Waals surface area contributed by atoms with Gasteiger partial charge in [-0.3, -0.25) is 0 Å². The van der Waals surface area contributed by atoms with Gasteiger partial charge < -0.3 is 10.1 Å². The lowest BCUT2D eigenvalue weighted by atomic mass is 9.84. The summed E-state index contributed by atoms with van der Waals surface area (Å²) >= 11 is 6.18. The summed E-state index contributed by atoms with van der Waals surface area (Å²) in [5, 5.41) is 4.01. The van der Waals surface area contributed by atoms with E-state index in [2.05, 4.69) is 26.1 Å². The highest BCUT2D eigenvalue weighted by atomic mass is 35.5. The lowest BCUT2D eigenvalue weighted by Crippen LogP contribution is -2.53. The van der Waals surface area contributed by atoms with E-state index < -0.39 is 0 Å². The van der Waals surface area contributed by atoms with Crippen LogP contribution >= 0.6 is 11.6 Å². The zero-order valence-electron chi connectivity index (χ0n) is 13.5. The van der Waals surface area contributed by atoms with E-state index in [0.717, 1.165) is 31.4 Å². The SMILES string of the molecule is CCNC(Cc1ccc(F)cc1Cl)C(CC)(CC)OCC. The van der Waals surface area contributed by atoms with Crippen molar-refractivity contribution < 1.29 is 9.13 Å². The molecule has 0 aliphatic heterocycles. The van der Waals surface area contributed by atoms with Crippen LogP contribution in [0.3, 0.4) is 0 Å². The minimum absolute atomic E-state index is 0.153. The van der Waals surface area contributed by atoms with Crippen molar-refractivity contribution in [1.29, 1.82) is 0 Å². The third kappa shape index (κ3) is 4.67. The molecule has 120 valence electrons. The molecule has 0 aliphatic rings. The highest BCUT2D eigenvalue weighted by molar-refractivity contribution is 6.31. The molecule has 0 heterocycles. The van der Waals surface area contributed by atoms with Crippen molar-refractivity contribution in [2.45, 2.75) is 58.6 Å². The zero-order chi connectivity index (χ0) is 15.9. The summed E-state index contributed by atoms with van der Waals surface area (Å²) in [6.07, 6.45) is 2.58. The first-order valence-corrected chi connectivity index (χ1v) is 8.22. The highest BCUT2D eigenvalue weighted by Crippen LogP contribution is 2.29. The third-order valence-corrected chi connectivity index (χ3v) is 4.51. The van der Waals surface area contributed by atoms with Gasteiger partial charge in [-0.15, -0.1) is 0 Å². The maximum absolute atomic E-state index is 13.2. The fourth-order valence-electron chi connectivity index (χ4n) is 2.93. The van der Waals surface area contributed by atoms with Crippen molar-refractivity contribution >= 4 is 11.6 Å². The molecule has 0 aliphatic carbocycles. The largest absolute Gasteiger partial charge is 0.374 e. The van der Waals surface area contributed by atoms with Gasteiger partial charge in [-0.1, -0.05) is 38.4 Å². The van der Waals surface area contributed by atoms with E-state index in [4.69, 9.17) is 16.3 Å². The molecule has 0 fully saturated rings. The molecule has 0 radical (unpaired) electrons. The standard InChI is InChI=1S/C17H27ClFNO/c1-5-17(6-2,21-8-4)16(20-7-3)11-13-9-10-14(19)12-15(13)18/h9-10,12,16,20H,5-8,11H2,1-4H3. The molecule has 1 rings (SSSR count). The van der Waals surface area contributed by atoms with E-state index >= 15 is 0 Å². The predicted molar refractivity (Wildman–Crippen MR) is 87.5 cm³/mol. The molecule has 0 aromatic heterocycles. The highest BCUT2D eigenvalue weighted by Gasteiger charge is 2.36. The summed E-state index contributed by atoms with van der Waals surface area (Å²) in [6, 6.07) is 4.76. The van der Waals surface area contributed by atoms with Crippen LogP contribution in [0.15, 0.2) is 18.2 Å². The van der Waals surface area contributed by atoms with Crippen LogP contribution in [0.4, 0.5) is 4.39 Å². The average molecular weight is 316 g/mol. The number of rotatable bonds is 9. The smallest absolute Gasteiger partial charge is 0.124 e. The van der Waals surface area contributed by atoms with Crippen LogP contribution in [0.5, 0.6) is 0 Å². The van der Waals surface area contributed by atoms with E-state index in [-0.39, 0.29) is 17.5 Å². The van der Waals surface area contributed by atoms with Crippen molar-refractivity contribution in [3.05, 3.63) is 34.6 Å². The number of benzene rings is 1. The predicted octanol–water partition coefficient (Wildman–Crippen LogP) is 4.60. The first kappa shape index (κ1) is 18.4. The van der Waals surface area contributed by atoms with Gasteiger partial charge in [0.2, 0.25) is 0 Å². The molecule has 1 N–H and O–H groups in total. The Bertz CT molecular complexity index is 435. The first-order valence-electron chi connectivity index (χ1n) is 7.84. The number of nitrogens with one attached hydrogen (secondary N) is 1. The Morgan fingerprint density at radius 1 is 1.24 bits per heavy atom. The maximum atomic E-state index is 13.2. The molecule has 1 aromatic rings. The normalized spacial score (nSPS) is 13.4. The molecule has 0 spiro atoms. The zero-order valence-corrected chi connectivity index (χ0v) is 14.3. The Kier molecular flexibility index (Phi) is 7.64. The molecule has 4 heteroatoms. The maximum Gasteiger partial charge on any atom is 0.124 e. The van der Waals surface area contributed by atoms with Gasteiger partial charge in [0.05, 0.1) is 5.60 Å². The van der Waals surface area contributed by atoms with Crippen molar-refractivity contribution in [3.63, 3.8) is 0 Å². The summed E-state index contributed by atoms with van der Waals surface area (Å²) in [6.45, 7) is 9.94. The van der Waals surface area contributed by atoms with Crippen LogP contribution < -0.4 is 5.32 Å². The van der Waals surface area contributed by atoms with Crippen LogP contribution in [0, 0.1) is 5.82 Å². The van der Waals surface area contributed by atoms with Gasteiger partial charge in [-0.25, -0.2) is 4.39 Å². The second-order valence-electron chi connectivity index (χ2n) is 5.26. The Morgan fingerprint density at radius 2 is 1.90 bits per heavy atom. The van der Waals surface area contributed by atoms with E-state index in [1.54, 1.807) is 6.07 Å². The van der Waals surface area contributed by atoms with Gasteiger partial charge in [0.25, 0.3) is 0 Å². The van der Waals surface area contributed by atoms with E-state index in [1.165, 1.54) is 12.1 Å². The quantitative estimate of drug-likeness (QED) is 0.719. The van der Waals surface area contributed by atoms with Crippen molar-refractivity contribution in [1.82, 2.24) is 5.32 Å². The van der Waals surface area contributed by atoms with Gasteiger partial charge >= 0.3 is 0 Å².